The number of carbonyl (C=O) groups excluding carboxylic acids is 3. The van der Waals surface area contributed by atoms with Gasteiger partial charge in [-0.1, -0.05) is 72.8 Å². The molecule has 0 saturated heterocycles. The van der Waals surface area contributed by atoms with E-state index in [4.69, 9.17) is 14.2 Å². The monoisotopic (exact) mass is 530 g/mol. The molecule has 6 nitrogen and oxygen atoms in total. The van der Waals surface area contributed by atoms with Crippen LogP contribution in [-0.4, -0.2) is 17.9 Å². The fraction of sp³-hybridized carbons (Fsp3) is 0.0882. The first kappa shape index (κ1) is 26.4. The molecule has 198 valence electrons. The van der Waals surface area contributed by atoms with E-state index in [2.05, 4.69) is 60.7 Å². The minimum atomic E-state index is -0.562. The van der Waals surface area contributed by atoms with Gasteiger partial charge in [0.15, 0.2) is 11.5 Å². The molecule has 0 fully saturated rings. The summed E-state index contributed by atoms with van der Waals surface area (Å²) in [5.41, 5.74) is 0. The number of hydrogen-bond acceptors (Lipinski definition) is 6. The maximum absolute atomic E-state index is 11.6. The second-order valence-corrected chi connectivity index (χ2v) is 9.24. The lowest BCUT2D eigenvalue weighted by Gasteiger charge is -2.15. The van der Waals surface area contributed by atoms with Gasteiger partial charge in [0.05, 0.1) is 0 Å². The highest BCUT2D eigenvalue weighted by Crippen LogP contribution is 2.43. The summed E-state index contributed by atoms with van der Waals surface area (Å²) in [4.78, 5) is 34.6. The number of hydrogen-bond donors (Lipinski definition) is 0. The van der Waals surface area contributed by atoms with E-state index < -0.39 is 17.9 Å². The normalized spacial score (nSPS) is 10.7. The predicted molar refractivity (Wildman–Crippen MR) is 157 cm³/mol. The zero-order valence-corrected chi connectivity index (χ0v) is 22.3. The molecule has 0 aliphatic carbocycles. The number of esters is 3. The zero-order valence-electron chi connectivity index (χ0n) is 22.3. The maximum atomic E-state index is 11.6. The molecular weight excluding hydrogens is 504 g/mol. The standard InChI is InChI=1S/C20H16O6.C14H10/c1-11(21)24-18-9-8-16-17(20(18)26-13(3)23)10-14-6-4-5-7-15(14)19(16)25-12(2)22;1-2-6-12-10-14-8-4-3-7-13(14)9-11(12)5-1/h4-10H,1-3H3;1-10H. The Bertz CT molecular complexity index is 1820. The second kappa shape index (κ2) is 11.3. The minimum absolute atomic E-state index is 0.101. The molecule has 0 radical (unpaired) electrons. The topological polar surface area (TPSA) is 78.9 Å². The first-order chi connectivity index (χ1) is 19.3. The highest BCUT2D eigenvalue weighted by atomic mass is 16.6. The molecule has 0 amide bonds. The molecular formula is C34H26O6. The first-order valence-electron chi connectivity index (χ1n) is 12.7. The van der Waals surface area contributed by atoms with Gasteiger partial charge in [-0.05, 0) is 57.3 Å². The lowest BCUT2D eigenvalue weighted by molar-refractivity contribution is -0.134. The van der Waals surface area contributed by atoms with Crippen molar-refractivity contribution < 1.29 is 28.6 Å². The highest BCUT2D eigenvalue weighted by Gasteiger charge is 2.19. The molecule has 0 atom stereocenters. The van der Waals surface area contributed by atoms with E-state index in [9.17, 15) is 14.4 Å². The molecule has 0 spiro atoms. The van der Waals surface area contributed by atoms with Gasteiger partial charge >= 0.3 is 17.9 Å². The van der Waals surface area contributed by atoms with Gasteiger partial charge in [-0.3, -0.25) is 14.4 Å². The van der Waals surface area contributed by atoms with Crippen LogP contribution >= 0.6 is 0 Å². The number of rotatable bonds is 3. The smallest absolute Gasteiger partial charge is 0.308 e. The Kier molecular flexibility index (Phi) is 7.42. The van der Waals surface area contributed by atoms with Gasteiger partial charge in [0.1, 0.15) is 5.75 Å². The van der Waals surface area contributed by atoms with Crippen LogP contribution in [0.1, 0.15) is 20.8 Å². The van der Waals surface area contributed by atoms with Crippen LogP contribution in [-0.2, 0) is 14.4 Å². The third-order valence-electron chi connectivity index (χ3n) is 6.27. The summed E-state index contributed by atoms with van der Waals surface area (Å²) in [7, 11) is 0. The van der Waals surface area contributed by atoms with Crippen molar-refractivity contribution in [1.82, 2.24) is 0 Å². The molecule has 0 N–H and O–H groups in total. The predicted octanol–water partition coefficient (Wildman–Crippen LogP) is 7.76. The van der Waals surface area contributed by atoms with E-state index in [0.717, 1.165) is 10.8 Å². The van der Waals surface area contributed by atoms with Crippen LogP contribution in [0.3, 0.4) is 0 Å². The Balaban J connectivity index is 0.000000192. The quantitative estimate of drug-likeness (QED) is 0.132. The van der Waals surface area contributed by atoms with Crippen molar-refractivity contribution in [2.24, 2.45) is 0 Å². The molecule has 6 aromatic rings. The molecule has 0 bridgehead atoms. The van der Waals surface area contributed by atoms with Gasteiger partial charge in [-0.15, -0.1) is 0 Å². The lowest BCUT2D eigenvalue weighted by Crippen LogP contribution is -2.08. The van der Waals surface area contributed by atoms with Gasteiger partial charge in [0.2, 0.25) is 0 Å². The van der Waals surface area contributed by atoms with Crippen molar-refractivity contribution in [3.8, 4) is 17.2 Å². The highest BCUT2D eigenvalue weighted by molar-refractivity contribution is 6.09. The van der Waals surface area contributed by atoms with Gasteiger partial charge in [-0.2, -0.15) is 0 Å². The molecule has 0 aromatic heterocycles. The van der Waals surface area contributed by atoms with E-state index in [0.29, 0.717) is 16.5 Å². The van der Waals surface area contributed by atoms with Crippen LogP contribution in [0.25, 0.3) is 43.1 Å². The number of benzene rings is 6. The SMILES string of the molecule is CC(=O)Oc1ccc2c(OC(C)=O)c3ccccc3cc2c1OC(C)=O.c1ccc2cc3ccccc3cc2c1. The van der Waals surface area contributed by atoms with E-state index in [1.807, 2.05) is 24.3 Å². The van der Waals surface area contributed by atoms with Crippen LogP contribution in [0.4, 0.5) is 0 Å². The Hall–Kier alpha value is -5.23. The summed E-state index contributed by atoms with van der Waals surface area (Å²) in [6.45, 7) is 3.82. The summed E-state index contributed by atoms with van der Waals surface area (Å²) in [6, 6.07) is 33.7. The van der Waals surface area contributed by atoms with Gasteiger partial charge in [0.25, 0.3) is 0 Å². The Morgan fingerprint density at radius 1 is 0.425 bits per heavy atom. The van der Waals surface area contributed by atoms with E-state index in [1.165, 1.54) is 48.4 Å². The molecule has 40 heavy (non-hydrogen) atoms. The summed E-state index contributed by atoms with van der Waals surface area (Å²) in [5, 5.41) is 7.82. The number of carbonyl (C=O) groups is 3. The average molecular weight is 531 g/mol. The van der Waals surface area contributed by atoms with Crippen molar-refractivity contribution in [3.63, 3.8) is 0 Å². The number of ether oxygens (including phenoxy) is 3. The largest absolute Gasteiger partial charge is 0.425 e. The Morgan fingerprint density at radius 3 is 1.38 bits per heavy atom. The third-order valence-corrected chi connectivity index (χ3v) is 6.27. The van der Waals surface area contributed by atoms with E-state index >= 15 is 0 Å². The molecule has 0 heterocycles. The lowest BCUT2D eigenvalue weighted by atomic mass is 10.0. The summed E-state index contributed by atoms with van der Waals surface area (Å²) < 4.78 is 15.9. The van der Waals surface area contributed by atoms with Gasteiger partial charge in [-0.25, -0.2) is 0 Å². The molecule has 0 aliphatic rings. The summed E-state index contributed by atoms with van der Waals surface area (Å²) in [6.07, 6.45) is 0. The van der Waals surface area contributed by atoms with Crippen molar-refractivity contribution >= 4 is 61.0 Å². The number of fused-ring (bicyclic) bond motifs is 4. The van der Waals surface area contributed by atoms with Crippen LogP contribution < -0.4 is 14.2 Å². The van der Waals surface area contributed by atoms with Gasteiger partial charge < -0.3 is 14.2 Å². The van der Waals surface area contributed by atoms with Crippen molar-refractivity contribution in [2.75, 3.05) is 0 Å². The summed E-state index contributed by atoms with van der Waals surface area (Å²) >= 11 is 0. The molecule has 0 aliphatic heterocycles. The molecule has 0 saturated carbocycles. The van der Waals surface area contributed by atoms with Crippen molar-refractivity contribution in [2.45, 2.75) is 20.8 Å². The Morgan fingerprint density at radius 2 is 0.875 bits per heavy atom. The Labute approximate surface area is 230 Å². The minimum Gasteiger partial charge on any atom is -0.425 e. The third kappa shape index (κ3) is 5.61. The van der Waals surface area contributed by atoms with Crippen molar-refractivity contribution in [3.05, 3.63) is 103 Å². The maximum Gasteiger partial charge on any atom is 0.308 e. The summed E-state index contributed by atoms with van der Waals surface area (Å²) in [5.74, 6) is -1.01. The van der Waals surface area contributed by atoms with Crippen molar-refractivity contribution in [1.29, 1.82) is 0 Å². The fourth-order valence-corrected chi connectivity index (χ4v) is 4.67. The van der Waals surface area contributed by atoms with Crippen LogP contribution in [0.2, 0.25) is 0 Å². The molecule has 6 aromatic carbocycles. The molecule has 6 heteroatoms. The average Bonchev–Trinajstić information content (AvgIpc) is 2.93. The van der Waals surface area contributed by atoms with Crippen LogP contribution in [0, 0.1) is 0 Å². The second-order valence-electron chi connectivity index (χ2n) is 9.24. The fourth-order valence-electron chi connectivity index (χ4n) is 4.67. The molecule has 6 rings (SSSR count). The first-order valence-corrected chi connectivity index (χ1v) is 12.7. The van der Waals surface area contributed by atoms with E-state index in [1.54, 1.807) is 12.1 Å². The van der Waals surface area contributed by atoms with Crippen LogP contribution in [0.15, 0.2) is 103 Å². The van der Waals surface area contributed by atoms with Gasteiger partial charge in [0, 0.05) is 36.9 Å². The van der Waals surface area contributed by atoms with Crippen LogP contribution in [0.5, 0.6) is 17.2 Å². The van der Waals surface area contributed by atoms with E-state index in [-0.39, 0.29) is 11.5 Å². The molecule has 0 unspecified atom stereocenters. The zero-order chi connectivity index (χ0) is 28.2.